The van der Waals surface area contributed by atoms with Crippen molar-refractivity contribution in [2.45, 2.75) is 58.3 Å². The Bertz CT molecular complexity index is 1680. The van der Waals surface area contributed by atoms with Crippen molar-refractivity contribution in [3.8, 4) is 0 Å². The van der Waals surface area contributed by atoms with E-state index in [1.165, 1.54) is 14.1 Å². The van der Waals surface area contributed by atoms with Crippen molar-refractivity contribution in [3.63, 3.8) is 0 Å². The predicted molar refractivity (Wildman–Crippen MR) is 175 cm³/mol. The van der Waals surface area contributed by atoms with Crippen LogP contribution in [0.15, 0.2) is 60.8 Å². The molecule has 0 saturated carbocycles. The molecule has 5 rings (SSSR count). The van der Waals surface area contributed by atoms with Crippen LogP contribution < -0.4 is 14.9 Å². The Hall–Kier alpha value is -3.71. The van der Waals surface area contributed by atoms with Crippen molar-refractivity contribution in [1.29, 1.82) is 0 Å². The van der Waals surface area contributed by atoms with Gasteiger partial charge in [0, 0.05) is 53.6 Å². The molecule has 0 bridgehead atoms. The van der Waals surface area contributed by atoms with Gasteiger partial charge in [0.05, 0.1) is 29.1 Å². The van der Waals surface area contributed by atoms with E-state index in [0.29, 0.717) is 37.3 Å². The highest BCUT2D eigenvalue weighted by Crippen LogP contribution is 2.35. The second-order valence-corrected chi connectivity index (χ2v) is 14.0. The molecule has 236 valence electrons. The summed E-state index contributed by atoms with van der Waals surface area (Å²) in [5, 5.41) is 25.4. The van der Waals surface area contributed by atoms with Crippen LogP contribution in [0.25, 0.3) is 10.9 Å². The molecular weight excluding hydrogens is 601 g/mol. The Morgan fingerprint density at radius 1 is 1.09 bits per heavy atom. The minimum absolute atomic E-state index is 0.00375. The molecule has 0 unspecified atom stereocenters. The fourth-order valence-corrected chi connectivity index (χ4v) is 7.48. The summed E-state index contributed by atoms with van der Waals surface area (Å²) in [4.78, 5) is 24.6. The molecule has 1 aliphatic rings. The number of nitrogens with zero attached hydrogens (tertiary/aromatic N) is 2. The van der Waals surface area contributed by atoms with Crippen LogP contribution in [0.4, 0.5) is 5.69 Å². The molecule has 3 heterocycles. The highest BCUT2D eigenvalue weighted by atomic mass is 32.2. The topological polar surface area (TPSA) is 141 Å². The molecule has 4 N–H and O–H groups in total. The Morgan fingerprint density at radius 3 is 2.45 bits per heavy atom. The average molecular weight is 641 g/mol. The van der Waals surface area contributed by atoms with Gasteiger partial charge in [-0.25, -0.2) is 8.42 Å². The number of aromatic nitrogens is 1. The van der Waals surface area contributed by atoms with Gasteiger partial charge >= 0.3 is 0 Å². The van der Waals surface area contributed by atoms with Gasteiger partial charge in [-0.15, -0.1) is 11.3 Å². The monoisotopic (exact) mass is 640 g/mol. The first kappa shape index (κ1) is 33.2. The summed E-state index contributed by atoms with van der Waals surface area (Å²) in [5.74, 6) is -0.352. The number of carbonyl (C=O) groups is 2. The maximum absolute atomic E-state index is 13.8. The van der Waals surface area contributed by atoms with E-state index in [2.05, 4.69) is 36.6 Å². The van der Waals surface area contributed by atoms with Crippen LogP contribution in [-0.2, 0) is 47.2 Å². The van der Waals surface area contributed by atoms with Crippen LogP contribution >= 0.6 is 11.3 Å². The summed E-state index contributed by atoms with van der Waals surface area (Å²) < 4.78 is 29.1. The second-order valence-electron chi connectivity index (χ2n) is 10.7. The van der Waals surface area contributed by atoms with Crippen LogP contribution in [-0.4, -0.2) is 67.1 Å². The number of anilines is 1. The van der Waals surface area contributed by atoms with Gasteiger partial charge in [-0.2, -0.15) is 0 Å². The summed E-state index contributed by atoms with van der Waals surface area (Å²) in [7, 11) is -1.97. The van der Waals surface area contributed by atoms with Gasteiger partial charge in [0.1, 0.15) is 0 Å². The number of aliphatic hydroxyl groups excluding tert-OH is 1. The summed E-state index contributed by atoms with van der Waals surface area (Å²) in [6.45, 7) is 5.26. The van der Waals surface area contributed by atoms with E-state index in [1.807, 2.05) is 47.2 Å². The molecule has 2 aromatic carbocycles. The molecule has 10 nitrogen and oxygen atoms in total. The number of carboxylic acid groups (broad SMARTS) is 1. The molecule has 12 heteroatoms. The number of rotatable bonds is 11. The lowest BCUT2D eigenvalue weighted by molar-refractivity contribution is -0.122. The zero-order valence-electron chi connectivity index (χ0n) is 25.2. The highest BCUT2D eigenvalue weighted by Gasteiger charge is 2.29. The first-order valence-corrected chi connectivity index (χ1v) is 17.1. The van der Waals surface area contributed by atoms with Crippen LogP contribution in [0.1, 0.15) is 45.1 Å². The number of carbonyl (C=O) groups excluding carboxylic acids is 1. The van der Waals surface area contributed by atoms with E-state index in [4.69, 9.17) is 9.90 Å². The number of hydrogen-bond donors (Lipinski definition) is 4. The quantitative estimate of drug-likeness (QED) is 0.183. The Morgan fingerprint density at radius 2 is 1.80 bits per heavy atom. The lowest BCUT2D eigenvalue weighted by atomic mass is 10.00. The third kappa shape index (κ3) is 7.68. The fourth-order valence-electron chi connectivity index (χ4n) is 5.41. The molecule has 0 spiro atoms. The molecule has 2 atom stereocenters. The maximum Gasteiger partial charge on any atom is 0.290 e. The van der Waals surface area contributed by atoms with Gasteiger partial charge in [-0.3, -0.25) is 13.9 Å². The Balaban J connectivity index is 0.00000141. The van der Waals surface area contributed by atoms with E-state index in [-0.39, 0.29) is 18.1 Å². The van der Waals surface area contributed by atoms with Crippen LogP contribution in [0.5, 0.6) is 0 Å². The van der Waals surface area contributed by atoms with Gasteiger partial charge in [0.15, 0.2) is 0 Å². The number of hydrogen-bond acceptors (Lipinski definition) is 7. The summed E-state index contributed by atoms with van der Waals surface area (Å²) in [6.07, 6.45) is 3.36. The van der Waals surface area contributed by atoms with E-state index in [9.17, 15) is 18.3 Å². The first-order valence-electron chi connectivity index (χ1n) is 14.6. The number of aliphatic hydroxyl groups is 1. The number of sulfonamides is 1. The zero-order chi connectivity index (χ0) is 31.9. The first-order chi connectivity index (χ1) is 21.1. The van der Waals surface area contributed by atoms with Crippen LogP contribution in [0.2, 0.25) is 0 Å². The molecule has 1 aliphatic heterocycles. The number of amides is 1. The van der Waals surface area contributed by atoms with Crippen LogP contribution in [0, 0.1) is 0 Å². The number of aryl methyl sites for hydroxylation is 3. The van der Waals surface area contributed by atoms with Gasteiger partial charge in [-0.1, -0.05) is 44.2 Å². The van der Waals surface area contributed by atoms with Crippen molar-refractivity contribution in [1.82, 2.24) is 15.2 Å². The molecule has 44 heavy (non-hydrogen) atoms. The summed E-state index contributed by atoms with van der Waals surface area (Å²) in [6, 6.07) is 17.0. The minimum atomic E-state index is -3.52. The number of benzene rings is 2. The average Bonchev–Trinajstić information content (AvgIpc) is 3.61. The predicted octanol–water partition coefficient (Wildman–Crippen LogP) is 3.80. The molecule has 0 fully saturated rings. The highest BCUT2D eigenvalue weighted by molar-refractivity contribution is 7.92. The van der Waals surface area contributed by atoms with Gasteiger partial charge in [0.25, 0.3) is 12.4 Å². The Labute approximate surface area is 262 Å². The summed E-state index contributed by atoms with van der Waals surface area (Å²) >= 11 is 1.76. The molecule has 1 amide bonds. The van der Waals surface area contributed by atoms with E-state index in [0.717, 1.165) is 34.9 Å². The minimum Gasteiger partial charge on any atom is -0.483 e. The lowest BCUT2D eigenvalue weighted by Gasteiger charge is -2.25. The van der Waals surface area contributed by atoms with Gasteiger partial charge < -0.3 is 25.4 Å². The zero-order valence-corrected chi connectivity index (χ0v) is 26.8. The van der Waals surface area contributed by atoms with E-state index in [1.54, 1.807) is 24.5 Å². The van der Waals surface area contributed by atoms with Crippen molar-refractivity contribution in [3.05, 3.63) is 87.2 Å². The molecule has 2 aromatic heterocycles. The van der Waals surface area contributed by atoms with Crippen molar-refractivity contribution in [2.75, 3.05) is 23.7 Å². The van der Waals surface area contributed by atoms with Crippen LogP contribution in [0.3, 0.4) is 0 Å². The largest absolute Gasteiger partial charge is 0.483 e. The second kappa shape index (κ2) is 14.8. The third-order valence-corrected chi connectivity index (χ3v) is 10.8. The SMILES string of the molecule is CCc1ccc(CNC[C@@H](O)[C@H](Cc2ccccc2)NC(=O)c2cc3c4c(c2)c(CC)cn4CCS(=O)(=O)N3C)s1.O=CO. The smallest absolute Gasteiger partial charge is 0.290 e. The number of thiophene rings is 1. The standard InChI is InChI=1S/C31H38N4O4S2.CH2O2/c1-4-22-20-35-13-14-41(38,39)34(3)28-17-23(16-26(22)30(28)35)31(37)33-27(15-21-9-7-6-8-10-21)29(36)19-32-18-25-12-11-24(5-2)40-25;2-1-3/h6-12,16-17,20,27,29,32,36H,4-5,13-15,18-19H2,1-3H3,(H,33,37);1H,(H,2,3)/t27-,29+;/m0./s1. The van der Waals surface area contributed by atoms with Crippen molar-refractivity contribution >= 4 is 50.3 Å². The summed E-state index contributed by atoms with van der Waals surface area (Å²) in [5.41, 5.74) is 3.75. The van der Waals surface area contributed by atoms with Gasteiger partial charge in [0.2, 0.25) is 10.0 Å². The molecular formula is C32H40N4O6S2. The number of nitrogens with one attached hydrogen (secondary N) is 2. The Kier molecular flexibility index (Phi) is 11.2. The molecule has 0 radical (unpaired) electrons. The van der Waals surface area contributed by atoms with E-state index < -0.39 is 22.2 Å². The van der Waals surface area contributed by atoms with Gasteiger partial charge in [-0.05, 0) is 54.7 Å². The fraction of sp³-hybridized carbons (Fsp3) is 0.375. The van der Waals surface area contributed by atoms with Crippen molar-refractivity contribution < 1.29 is 28.2 Å². The molecule has 0 saturated heterocycles. The third-order valence-electron chi connectivity index (χ3n) is 7.82. The maximum atomic E-state index is 13.8. The van der Waals surface area contributed by atoms with Crippen molar-refractivity contribution in [2.24, 2.45) is 0 Å². The normalized spacial score (nSPS) is 15.1. The van der Waals surface area contributed by atoms with E-state index >= 15 is 0 Å². The lowest BCUT2D eigenvalue weighted by Crippen LogP contribution is -2.48. The molecule has 4 aromatic rings. The molecule has 0 aliphatic carbocycles.